The van der Waals surface area contributed by atoms with Gasteiger partial charge in [0, 0.05) is 33.2 Å². The molecule has 9 aromatic rings. The van der Waals surface area contributed by atoms with Gasteiger partial charge in [-0.1, -0.05) is 127 Å². The Labute approximate surface area is 334 Å². The number of aromatic nitrogens is 1. The van der Waals surface area contributed by atoms with Crippen LogP contribution in [0, 0.1) is 11.8 Å². The first-order valence-corrected chi connectivity index (χ1v) is 20.9. The third-order valence-corrected chi connectivity index (χ3v) is 13.7. The highest BCUT2D eigenvalue weighted by molar-refractivity contribution is 6.09. The van der Waals surface area contributed by atoms with Gasteiger partial charge in [-0.05, 0) is 149 Å². The van der Waals surface area contributed by atoms with Gasteiger partial charge in [-0.3, -0.25) is 0 Å². The summed E-state index contributed by atoms with van der Waals surface area (Å²) < 4.78 is 2.39. The quantitative estimate of drug-likeness (QED) is 0.171. The van der Waals surface area contributed by atoms with Crippen LogP contribution in [0.15, 0.2) is 182 Å². The van der Waals surface area contributed by atoms with Crippen LogP contribution >= 0.6 is 0 Å². The Kier molecular flexibility index (Phi) is 7.54. The average molecular weight is 733 g/mol. The van der Waals surface area contributed by atoms with Crippen LogP contribution < -0.4 is 4.90 Å². The Morgan fingerprint density at radius 1 is 0.404 bits per heavy atom. The van der Waals surface area contributed by atoms with E-state index in [9.17, 15) is 0 Å². The van der Waals surface area contributed by atoms with E-state index in [1.165, 1.54) is 92.6 Å². The van der Waals surface area contributed by atoms with Crippen molar-refractivity contribution in [1.82, 2.24) is 4.57 Å². The minimum Gasteiger partial charge on any atom is -0.310 e. The fraction of sp³-hybridized carbons (Fsp3) is 0.164. The lowest BCUT2D eigenvalue weighted by Crippen LogP contribution is -2.29. The first kappa shape index (κ1) is 32.8. The number of nitrogens with zero attached hydrogens (tertiary/aromatic N) is 2. The van der Waals surface area contributed by atoms with Crippen molar-refractivity contribution in [2.75, 3.05) is 4.90 Å². The molecule has 1 aromatic heterocycles. The van der Waals surface area contributed by atoms with Crippen molar-refractivity contribution in [1.29, 1.82) is 0 Å². The van der Waals surface area contributed by atoms with Gasteiger partial charge in [-0.25, -0.2) is 0 Å². The zero-order valence-electron chi connectivity index (χ0n) is 32.1. The van der Waals surface area contributed by atoms with Gasteiger partial charge < -0.3 is 9.47 Å². The highest BCUT2D eigenvalue weighted by Gasteiger charge is 2.40. The molecule has 57 heavy (non-hydrogen) atoms. The normalized spacial score (nSPS) is 19.6. The molecule has 4 bridgehead atoms. The van der Waals surface area contributed by atoms with Gasteiger partial charge in [0.05, 0.1) is 16.7 Å². The van der Waals surface area contributed by atoms with Gasteiger partial charge >= 0.3 is 0 Å². The van der Waals surface area contributed by atoms with Crippen LogP contribution in [-0.4, -0.2) is 4.57 Å². The third-order valence-electron chi connectivity index (χ3n) is 13.7. The fourth-order valence-electron chi connectivity index (χ4n) is 11.4. The fourth-order valence-corrected chi connectivity index (χ4v) is 11.4. The molecule has 0 saturated heterocycles. The smallest absolute Gasteiger partial charge is 0.0541 e. The molecule has 2 fully saturated rings. The molecule has 274 valence electrons. The topological polar surface area (TPSA) is 8.17 Å². The lowest BCUT2D eigenvalue weighted by molar-refractivity contribution is 0.153. The van der Waals surface area contributed by atoms with E-state index in [1.54, 1.807) is 11.1 Å². The maximum Gasteiger partial charge on any atom is 0.0541 e. The third kappa shape index (κ3) is 5.38. The molecule has 1 heterocycles. The van der Waals surface area contributed by atoms with Crippen molar-refractivity contribution in [3.8, 4) is 27.9 Å². The molecule has 2 saturated carbocycles. The number of hydrogen-bond donors (Lipinski definition) is 0. The molecule has 0 N–H and O–H groups in total. The molecule has 4 aliphatic rings. The van der Waals surface area contributed by atoms with E-state index < -0.39 is 0 Å². The van der Waals surface area contributed by atoms with Crippen LogP contribution in [-0.2, 0) is 0 Å². The van der Waals surface area contributed by atoms with E-state index in [0.717, 1.165) is 28.9 Å². The summed E-state index contributed by atoms with van der Waals surface area (Å²) >= 11 is 0. The maximum atomic E-state index is 2.56. The Bertz CT molecular complexity index is 2900. The minimum atomic E-state index is 0.641. The Balaban J connectivity index is 0.954. The molecule has 0 radical (unpaired) electrons. The van der Waals surface area contributed by atoms with E-state index in [4.69, 9.17) is 0 Å². The summed E-state index contributed by atoms with van der Waals surface area (Å²) in [4.78, 5) is 2.43. The summed E-state index contributed by atoms with van der Waals surface area (Å²) in [5.74, 6) is 3.05. The van der Waals surface area contributed by atoms with Gasteiger partial charge in [-0.2, -0.15) is 0 Å². The molecule has 2 unspecified atom stereocenters. The Morgan fingerprint density at radius 3 is 1.67 bits per heavy atom. The molecule has 0 amide bonds. The van der Waals surface area contributed by atoms with Gasteiger partial charge in [0.25, 0.3) is 0 Å². The lowest BCUT2D eigenvalue weighted by atomic mass is 9.63. The van der Waals surface area contributed by atoms with Crippen LogP contribution in [0.1, 0.15) is 55.1 Å². The average Bonchev–Trinajstić information content (AvgIpc) is 3.63. The Hall–Kier alpha value is -6.38. The molecule has 2 nitrogen and oxygen atoms in total. The zero-order chi connectivity index (χ0) is 37.5. The number of benzene rings is 8. The van der Waals surface area contributed by atoms with E-state index >= 15 is 0 Å². The standard InChI is InChI=1S/C55H44N2/c1-2-13-47-39(10-1)11-9-19-53(47)56(44-25-27-45(28-26-44)57-54-17-7-5-15-50(54)51-16-6-8-18-55(51)57)43-23-20-38(21-24-43)40-22-29-49-48-14-4-3-12-46(48)41-31-36-30-37(32-41)34-42(33-36)52(49)35-40/h1-29,35-37,41-42H,30-34H2. The molecule has 2 atom stereocenters. The van der Waals surface area contributed by atoms with Gasteiger partial charge in [0.1, 0.15) is 0 Å². The van der Waals surface area contributed by atoms with Gasteiger partial charge in [0.2, 0.25) is 0 Å². The van der Waals surface area contributed by atoms with Crippen LogP contribution in [0.5, 0.6) is 0 Å². The molecule has 2 heteroatoms. The minimum absolute atomic E-state index is 0.641. The predicted molar refractivity (Wildman–Crippen MR) is 239 cm³/mol. The van der Waals surface area contributed by atoms with Crippen molar-refractivity contribution < 1.29 is 0 Å². The molecular formula is C55H44N2. The highest BCUT2D eigenvalue weighted by Crippen LogP contribution is 2.55. The molecule has 0 aliphatic heterocycles. The first-order chi connectivity index (χ1) is 28.2. The van der Waals surface area contributed by atoms with E-state index in [0.29, 0.717) is 11.8 Å². The summed E-state index contributed by atoms with van der Waals surface area (Å²) in [5.41, 5.74) is 15.7. The molecular weight excluding hydrogens is 689 g/mol. The second kappa shape index (κ2) is 13.1. The van der Waals surface area contributed by atoms with Crippen LogP contribution in [0.3, 0.4) is 0 Å². The summed E-state index contributed by atoms with van der Waals surface area (Å²) in [6.45, 7) is 0. The summed E-state index contributed by atoms with van der Waals surface area (Å²) in [5, 5.41) is 5.02. The first-order valence-electron chi connectivity index (χ1n) is 20.9. The predicted octanol–water partition coefficient (Wildman–Crippen LogP) is 15.1. The van der Waals surface area contributed by atoms with Crippen LogP contribution in [0.4, 0.5) is 17.1 Å². The number of rotatable bonds is 5. The van der Waals surface area contributed by atoms with Crippen LogP contribution in [0.25, 0.3) is 60.5 Å². The monoisotopic (exact) mass is 732 g/mol. The van der Waals surface area contributed by atoms with Crippen LogP contribution in [0.2, 0.25) is 0 Å². The summed E-state index contributed by atoms with van der Waals surface area (Å²) in [7, 11) is 0. The van der Waals surface area contributed by atoms with Gasteiger partial charge in [-0.15, -0.1) is 0 Å². The number of fused-ring (bicyclic) bond motifs is 4. The second-order valence-electron chi connectivity index (χ2n) is 17.0. The van der Waals surface area contributed by atoms with E-state index in [-0.39, 0.29) is 0 Å². The summed E-state index contributed by atoms with van der Waals surface area (Å²) in [6.07, 6.45) is 6.84. The zero-order valence-corrected chi connectivity index (χ0v) is 32.1. The maximum absolute atomic E-state index is 2.56. The number of para-hydroxylation sites is 2. The number of anilines is 3. The Morgan fingerprint density at radius 2 is 0.947 bits per heavy atom. The second-order valence-corrected chi connectivity index (χ2v) is 17.0. The summed E-state index contributed by atoms with van der Waals surface area (Å²) in [6, 6.07) is 68.0. The van der Waals surface area contributed by atoms with Crippen molar-refractivity contribution in [3.63, 3.8) is 0 Å². The van der Waals surface area contributed by atoms with Gasteiger partial charge in [0.15, 0.2) is 0 Å². The SMILES string of the molecule is c1ccc2c(c1)-c1ccc(-c3ccc(N(c4ccc(-n5c6ccccc6c6ccccc65)cc4)c4cccc5ccccc45)cc3)cc1C1CC3CC(CC2C3)C1. The van der Waals surface area contributed by atoms with Crippen molar-refractivity contribution >= 4 is 49.6 Å². The van der Waals surface area contributed by atoms with Crippen molar-refractivity contribution in [3.05, 3.63) is 193 Å². The molecule has 8 aromatic carbocycles. The largest absolute Gasteiger partial charge is 0.310 e. The molecule has 4 aliphatic carbocycles. The van der Waals surface area contributed by atoms with E-state index in [1.807, 2.05) is 0 Å². The van der Waals surface area contributed by atoms with Crippen molar-refractivity contribution in [2.24, 2.45) is 11.8 Å². The number of hydrogen-bond acceptors (Lipinski definition) is 1. The lowest BCUT2D eigenvalue weighted by Gasteiger charge is -2.42. The molecule has 13 rings (SSSR count). The van der Waals surface area contributed by atoms with E-state index in [2.05, 4.69) is 191 Å². The highest BCUT2D eigenvalue weighted by atomic mass is 15.1. The van der Waals surface area contributed by atoms with Crippen molar-refractivity contribution in [2.45, 2.75) is 43.9 Å². The molecule has 0 spiro atoms.